The van der Waals surface area contributed by atoms with E-state index in [0.29, 0.717) is 23.7 Å². The van der Waals surface area contributed by atoms with Gasteiger partial charge in [0.2, 0.25) is 0 Å². The lowest BCUT2D eigenvalue weighted by Gasteiger charge is -2.30. The molecule has 0 aromatic heterocycles. The third kappa shape index (κ3) is 1.15. The molecule has 3 nitrogen and oxygen atoms in total. The van der Waals surface area contributed by atoms with Gasteiger partial charge in [-0.15, -0.1) is 0 Å². The highest BCUT2D eigenvalue weighted by molar-refractivity contribution is 5.59. The molecule has 0 aromatic carbocycles. The summed E-state index contributed by atoms with van der Waals surface area (Å²) in [5, 5.41) is 13.7. The number of aliphatic imine (C=N–C) groups is 1. The van der Waals surface area contributed by atoms with Crippen molar-refractivity contribution in [2.45, 2.75) is 18.9 Å². The maximum absolute atomic E-state index is 10.2. The summed E-state index contributed by atoms with van der Waals surface area (Å²) in [6.45, 7) is 3.13. The van der Waals surface area contributed by atoms with Gasteiger partial charge in [-0.2, -0.15) is 0 Å². The van der Waals surface area contributed by atoms with Crippen LogP contribution in [0.2, 0.25) is 0 Å². The van der Waals surface area contributed by atoms with Crippen molar-refractivity contribution in [3.8, 4) is 0 Å². The van der Waals surface area contributed by atoms with E-state index in [9.17, 15) is 5.11 Å². The molecule has 2 N–H and O–H groups in total. The predicted molar refractivity (Wildman–Crippen MR) is 55.4 cm³/mol. The maximum Gasteiger partial charge on any atom is 0.0607 e. The number of nitrogens with zero attached hydrogens (tertiary/aromatic N) is 1. The topological polar surface area (TPSA) is 44.6 Å². The molecule has 1 aliphatic carbocycles. The van der Waals surface area contributed by atoms with Crippen molar-refractivity contribution in [1.29, 1.82) is 0 Å². The maximum atomic E-state index is 10.2. The fourth-order valence-electron chi connectivity index (χ4n) is 3.66. The van der Waals surface area contributed by atoms with Crippen LogP contribution in [0, 0.1) is 23.7 Å². The highest BCUT2D eigenvalue weighted by Crippen LogP contribution is 2.46. The molecule has 78 valence electrons. The van der Waals surface area contributed by atoms with Crippen LogP contribution < -0.4 is 5.32 Å². The van der Waals surface area contributed by atoms with Crippen molar-refractivity contribution >= 4 is 6.21 Å². The Bertz CT molecular complexity index is 254. The summed E-state index contributed by atoms with van der Waals surface area (Å²) in [7, 11) is 0. The van der Waals surface area contributed by atoms with Crippen molar-refractivity contribution in [2.24, 2.45) is 28.7 Å². The van der Waals surface area contributed by atoms with Crippen LogP contribution in [0.25, 0.3) is 0 Å². The van der Waals surface area contributed by atoms with E-state index in [1.54, 1.807) is 0 Å². The van der Waals surface area contributed by atoms with Gasteiger partial charge in [-0.1, -0.05) is 0 Å². The molecule has 0 amide bonds. The monoisotopic (exact) mass is 194 g/mol. The molecule has 5 unspecified atom stereocenters. The molecule has 1 saturated heterocycles. The second-order valence-corrected chi connectivity index (χ2v) is 4.92. The summed E-state index contributed by atoms with van der Waals surface area (Å²) < 4.78 is 0. The molecule has 2 fully saturated rings. The van der Waals surface area contributed by atoms with E-state index >= 15 is 0 Å². The molecule has 0 radical (unpaired) electrons. The van der Waals surface area contributed by atoms with Gasteiger partial charge in [-0.25, -0.2) is 0 Å². The van der Waals surface area contributed by atoms with Crippen molar-refractivity contribution < 1.29 is 5.11 Å². The van der Waals surface area contributed by atoms with Crippen LogP contribution in [0.3, 0.4) is 0 Å². The molecular weight excluding hydrogens is 176 g/mol. The van der Waals surface area contributed by atoms with Crippen LogP contribution in [0.5, 0.6) is 0 Å². The van der Waals surface area contributed by atoms with E-state index in [2.05, 4.69) is 10.3 Å². The van der Waals surface area contributed by atoms with Crippen LogP contribution in [0.4, 0.5) is 0 Å². The summed E-state index contributed by atoms with van der Waals surface area (Å²) in [5.41, 5.74) is 0. The second-order valence-electron chi connectivity index (χ2n) is 4.92. The number of aliphatic hydroxyl groups is 1. The summed E-state index contributed by atoms with van der Waals surface area (Å²) in [6, 6.07) is 0. The van der Waals surface area contributed by atoms with Gasteiger partial charge in [-0.3, -0.25) is 4.99 Å². The predicted octanol–water partition coefficient (Wildman–Crippen LogP) is 0.293. The summed E-state index contributed by atoms with van der Waals surface area (Å²) in [6.07, 6.45) is 4.10. The third-order valence-corrected chi connectivity index (χ3v) is 4.38. The molecule has 1 saturated carbocycles. The quantitative estimate of drug-likeness (QED) is 0.582. The van der Waals surface area contributed by atoms with Crippen molar-refractivity contribution in [1.82, 2.24) is 5.32 Å². The van der Waals surface area contributed by atoms with Crippen molar-refractivity contribution in [2.75, 3.05) is 19.6 Å². The van der Waals surface area contributed by atoms with Gasteiger partial charge in [0.15, 0.2) is 0 Å². The lowest BCUT2D eigenvalue weighted by atomic mass is 9.82. The molecule has 5 atom stereocenters. The van der Waals surface area contributed by atoms with E-state index in [1.165, 1.54) is 0 Å². The average molecular weight is 194 g/mol. The Kier molecular flexibility index (Phi) is 2.10. The summed E-state index contributed by atoms with van der Waals surface area (Å²) in [4.78, 5) is 4.38. The fourth-order valence-corrected chi connectivity index (χ4v) is 3.66. The Labute approximate surface area is 84.6 Å². The van der Waals surface area contributed by atoms with Crippen molar-refractivity contribution in [3.05, 3.63) is 0 Å². The molecule has 14 heavy (non-hydrogen) atoms. The largest absolute Gasteiger partial charge is 0.393 e. The smallest absolute Gasteiger partial charge is 0.0607 e. The number of hydrogen-bond acceptors (Lipinski definition) is 3. The number of nitrogens with one attached hydrogen (secondary N) is 1. The normalized spacial score (nSPS) is 51.4. The minimum absolute atomic E-state index is 0.0566. The Morgan fingerprint density at radius 2 is 2.14 bits per heavy atom. The number of piperidine rings is 1. The minimum Gasteiger partial charge on any atom is -0.393 e. The number of fused-ring (bicyclic) bond motifs is 3. The van der Waals surface area contributed by atoms with Crippen LogP contribution in [-0.2, 0) is 0 Å². The fraction of sp³-hybridized carbons (Fsp3) is 0.909. The first-order valence-corrected chi connectivity index (χ1v) is 5.75. The first kappa shape index (κ1) is 8.86. The third-order valence-electron chi connectivity index (χ3n) is 4.38. The molecule has 2 heterocycles. The van der Waals surface area contributed by atoms with Crippen LogP contribution in [-0.4, -0.2) is 37.1 Å². The van der Waals surface area contributed by atoms with E-state index in [1.807, 2.05) is 6.21 Å². The van der Waals surface area contributed by atoms with Crippen LogP contribution >= 0.6 is 0 Å². The lowest BCUT2D eigenvalue weighted by molar-refractivity contribution is 0.0728. The molecule has 2 aliphatic heterocycles. The Hall–Kier alpha value is -0.410. The zero-order valence-electron chi connectivity index (χ0n) is 8.39. The number of rotatable bonds is 0. The Balaban J connectivity index is 1.86. The summed E-state index contributed by atoms with van der Waals surface area (Å²) >= 11 is 0. The van der Waals surface area contributed by atoms with Crippen LogP contribution in [0.15, 0.2) is 4.99 Å². The van der Waals surface area contributed by atoms with E-state index in [4.69, 9.17) is 0 Å². The van der Waals surface area contributed by atoms with E-state index in [0.717, 1.165) is 32.5 Å². The van der Waals surface area contributed by atoms with Gasteiger partial charge in [0.1, 0.15) is 0 Å². The molecule has 3 aliphatic rings. The zero-order valence-corrected chi connectivity index (χ0v) is 8.39. The molecular formula is C11H18N2O. The average Bonchev–Trinajstić information content (AvgIpc) is 2.55. The van der Waals surface area contributed by atoms with Gasteiger partial charge in [0.25, 0.3) is 0 Å². The van der Waals surface area contributed by atoms with Crippen LogP contribution in [0.1, 0.15) is 12.8 Å². The van der Waals surface area contributed by atoms with Gasteiger partial charge in [0, 0.05) is 6.54 Å². The molecule has 0 spiro atoms. The molecule has 0 bridgehead atoms. The SMILES string of the molecule is OC1C2CC=NCC2C2CNCCC12. The highest BCUT2D eigenvalue weighted by atomic mass is 16.3. The standard InChI is InChI=1S/C11H18N2O/c14-11-7-1-3-12-5-9(7)10-6-13-4-2-8(10)11/h3,7-11,13-14H,1-2,4-6H2. The minimum atomic E-state index is -0.0566. The van der Waals surface area contributed by atoms with E-state index < -0.39 is 0 Å². The van der Waals surface area contributed by atoms with E-state index in [-0.39, 0.29) is 6.10 Å². The number of hydrogen-bond donors (Lipinski definition) is 2. The first-order valence-electron chi connectivity index (χ1n) is 5.75. The molecule has 0 aromatic rings. The van der Waals surface area contributed by atoms with Gasteiger partial charge in [-0.05, 0) is 55.8 Å². The Morgan fingerprint density at radius 3 is 3.07 bits per heavy atom. The van der Waals surface area contributed by atoms with Crippen molar-refractivity contribution in [3.63, 3.8) is 0 Å². The zero-order chi connectivity index (χ0) is 9.54. The van der Waals surface area contributed by atoms with Gasteiger partial charge < -0.3 is 10.4 Å². The lowest BCUT2D eigenvalue weighted by Crippen LogP contribution is -2.39. The summed E-state index contributed by atoms with van der Waals surface area (Å²) in [5.74, 6) is 2.38. The highest BCUT2D eigenvalue weighted by Gasteiger charge is 2.50. The second kappa shape index (κ2) is 3.31. The van der Waals surface area contributed by atoms with Gasteiger partial charge in [0.05, 0.1) is 6.10 Å². The van der Waals surface area contributed by atoms with Gasteiger partial charge >= 0.3 is 0 Å². The molecule has 3 heteroatoms. The Morgan fingerprint density at radius 1 is 1.21 bits per heavy atom. The first-order chi connectivity index (χ1) is 6.88. The number of aliphatic hydroxyl groups excluding tert-OH is 1. The molecule has 3 rings (SSSR count).